The van der Waals surface area contributed by atoms with E-state index in [0.29, 0.717) is 11.7 Å². The molecule has 1 aliphatic rings. The molecule has 114 valence electrons. The zero-order valence-electron chi connectivity index (χ0n) is 12.4. The van der Waals surface area contributed by atoms with Gasteiger partial charge in [0.25, 0.3) is 0 Å². The lowest BCUT2D eigenvalue weighted by Crippen LogP contribution is -2.25. The van der Waals surface area contributed by atoms with Crippen LogP contribution in [0, 0.1) is 6.92 Å². The molecule has 0 aliphatic carbocycles. The van der Waals surface area contributed by atoms with E-state index in [9.17, 15) is 0 Å². The van der Waals surface area contributed by atoms with Crippen LogP contribution in [0.4, 0.5) is 0 Å². The zero-order chi connectivity index (χ0) is 14.8. The number of likely N-dealkylation sites (tertiary alicyclic amines) is 1. The lowest BCUT2D eigenvalue weighted by Gasteiger charge is -2.19. The molecule has 2 aromatic heterocycles. The van der Waals surface area contributed by atoms with Crippen LogP contribution in [-0.4, -0.2) is 45.0 Å². The second-order valence-electron chi connectivity index (χ2n) is 5.16. The fraction of sp³-hybridized carbons (Fsp3) is 0.692. The fourth-order valence-electron chi connectivity index (χ4n) is 2.58. The third kappa shape index (κ3) is 3.12. The van der Waals surface area contributed by atoms with Gasteiger partial charge in [0.1, 0.15) is 10.0 Å². The van der Waals surface area contributed by atoms with Gasteiger partial charge in [-0.2, -0.15) is 4.98 Å². The van der Waals surface area contributed by atoms with E-state index in [2.05, 4.69) is 32.2 Å². The third-order valence-electron chi connectivity index (χ3n) is 3.68. The Balaban J connectivity index is 1.77. The van der Waals surface area contributed by atoms with Crippen molar-refractivity contribution >= 4 is 11.3 Å². The first-order valence-corrected chi connectivity index (χ1v) is 7.89. The SMILES string of the molecule is CCc1nnc(CN2C[C@H](OC)C[C@@H]2c2nc(C)no2)s1. The van der Waals surface area contributed by atoms with Crippen LogP contribution in [0.5, 0.6) is 0 Å². The average molecular weight is 309 g/mol. The predicted molar refractivity (Wildman–Crippen MR) is 76.9 cm³/mol. The summed E-state index contributed by atoms with van der Waals surface area (Å²) in [4.78, 5) is 6.65. The summed E-state index contributed by atoms with van der Waals surface area (Å²) in [5, 5.41) is 14.4. The van der Waals surface area contributed by atoms with Crippen LogP contribution in [0.1, 0.15) is 41.1 Å². The second kappa shape index (κ2) is 6.17. The number of methoxy groups -OCH3 is 1. The smallest absolute Gasteiger partial charge is 0.244 e. The van der Waals surface area contributed by atoms with Gasteiger partial charge < -0.3 is 9.26 Å². The summed E-state index contributed by atoms with van der Waals surface area (Å²) in [5.41, 5.74) is 0. The van der Waals surface area contributed by atoms with E-state index in [-0.39, 0.29) is 12.1 Å². The maximum absolute atomic E-state index is 5.50. The van der Waals surface area contributed by atoms with Crippen LogP contribution in [-0.2, 0) is 17.7 Å². The number of hydrogen-bond donors (Lipinski definition) is 0. The van der Waals surface area contributed by atoms with Gasteiger partial charge in [0.15, 0.2) is 5.82 Å². The number of rotatable bonds is 5. The summed E-state index contributed by atoms with van der Waals surface area (Å²) in [7, 11) is 1.74. The highest BCUT2D eigenvalue weighted by Crippen LogP contribution is 2.34. The van der Waals surface area contributed by atoms with Gasteiger partial charge in [-0.05, 0) is 19.8 Å². The first kappa shape index (κ1) is 14.6. The number of aromatic nitrogens is 4. The number of ether oxygens (including phenoxy) is 1. The standard InChI is InChI=1S/C13H19N5O2S/c1-4-11-15-16-12(21-11)7-18-6-9(19-3)5-10(18)13-14-8(2)17-20-13/h9-10H,4-7H2,1-3H3/t9-,10-/m1/s1. The minimum absolute atomic E-state index is 0.0881. The van der Waals surface area contributed by atoms with Gasteiger partial charge in [-0.15, -0.1) is 21.5 Å². The van der Waals surface area contributed by atoms with Gasteiger partial charge in [-0.1, -0.05) is 12.1 Å². The molecule has 0 saturated carbocycles. The maximum atomic E-state index is 5.50. The van der Waals surface area contributed by atoms with Crippen LogP contribution in [0.2, 0.25) is 0 Å². The van der Waals surface area contributed by atoms with Gasteiger partial charge in [-0.3, -0.25) is 4.90 Å². The van der Waals surface area contributed by atoms with Crippen LogP contribution >= 0.6 is 11.3 Å². The molecule has 21 heavy (non-hydrogen) atoms. The van der Waals surface area contributed by atoms with Gasteiger partial charge >= 0.3 is 0 Å². The van der Waals surface area contributed by atoms with E-state index in [1.807, 2.05) is 6.92 Å². The Hall–Kier alpha value is -1.38. The molecule has 1 fully saturated rings. The lowest BCUT2D eigenvalue weighted by atomic mass is 10.2. The quantitative estimate of drug-likeness (QED) is 0.832. The van der Waals surface area contributed by atoms with E-state index in [1.54, 1.807) is 18.4 Å². The Kier molecular flexibility index (Phi) is 4.27. The van der Waals surface area contributed by atoms with Crippen LogP contribution < -0.4 is 0 Å². The van der Waals surface area contributed by atoms with Crippen LogP contribution in [0.15, 0.2) is 4.52 Å². The molecule has 0 aromatic carbocycles. The van der Waals surface area contributed by atoms with Crippen molar-refractivity contribution < 1.29 is 9.26 Å². The highest BCUT2D eigenvalue weighted by atomic mass is 32.1. The normalized spacial score (nSPS) is 23.0. The summed E-state index contributed by atoms with van der Waals surface area (Å²) >= 11 is 1.66. The first-order valence-electron chi connectivity index (χ1n) is 7.08. The van der Waals surface area contributed by atoms with Crippen molar-refractivity contribution in [1.82, 2.24) is 25.2 Å². The Morgan fingerprint density at radius 2 is 2.19 bits per heavy atom. The Morgan fingerprint density at radius 1 is 1.38 bits per heavy atom. The largest absolute Gasteiger partial charge is 0.380 e. The van der Waals surface area contributed by atoms with Crippen LogP contribution in [0.25, 0.3) is 0 Å². The predicted octanol–water partition coefficient (Wildman–Crippen LogP) is 1.75. The fourth-order valence-corrected chi connectivity index (χ4v) is 3.39. The van der Waals surface area contributed by atoms with Crippen molar-refractivity contribution in [3.8, 4) is 0 Å². The summed E-state index contributed by atoms with van der Waals surface area (Å²) in [5.74, 6) is 1.32. The molecule has 2 aromatic rings. The van der Waals surface area contributed by atoms with Crippen molar-refractivity contribution in [3.05, 3.63) is 21.7 Å². The van der Waals surface area contributed by atoms with Gasteiger partial charge in [0.05, 0.1) is 18.7 Å². The first-order chi connectivity index (χ1) is 10.2. The van der Waals surface area contributed by atoms with Crippen molar-refractivity contribution in [3.63, 3.8) is 0 Å². The van der Waals surface area contributed by atoms with Crippen molar-refractivity contribution in [1.29, 1.82) is 0 Å². The summed E-state index contributed by atoms with van der Waals surface area (Å²) in [6.07, 6.45) is 1.96. The molecule has 1 saturated heterocycles. The van der Waals surface area contributed by atoms with E-state index >= 15 is 0 Å². The third-order valence-corrected chi connectivity index (χ3v) is 4.73. The summed E-state index contributed by atoms with van der Waals surface area (Å²) < 4.78 is 10.8. The maximum Gasteiger partial charge on any atom is 0.244 e. The highest BCUT2D eigenvalue weighted by molar-refractivity contribution is 7.11. The van der Waals surface area contributed by atoms with E-state index in [0.717, 1.165) is 35.9 Å². The lowest BCUT2D eigenvalue weighted by molar-refractivity contribution is 0.107. The molecule has 7 nitrogen and oxygen atoms in total. The van der Waals surface area contributed by atoms with E-state index < -0.39 is 0 Å². The molecule has 0 unspecified atom stereocenters. The Morgan fingerprint density at radius 3 is 2.81 bits per heavy atom. The van der Waals surface area contributed by atoms with Crippen LogP contribution in [0.3, 0.4) is 0 Å². The minimum Gasteiger partial charge on any atom is -0.380 e. The molecule has 3 rings (SSSR count). The highest BCUT2D eigenvalue weighted by Gasteiger charge is 2.37. The van der Waals surface area contributed by atoms with Crippen molar-refractivity contribution in [2.75, 3.05) is 13.7 Å². The molecular formula is C13H19N5O2S. The Labute approximate surface area is 127 Å². The van der Waals surface area contributed by atoms with Gasteiger partial charge in [-0.25, -0.2) is 0 Å². The topological polar surface area (TPSA) is 77.2 Å². The van der Waals surface area contributed by atoms with Crippen molar-refractivity contribution in [2.45, 2.75) is 45.4 Å². The van der Waals surface area contributed by atoms with E-state index in [1.165, 1.54) is 0 Å². The van der Waals surface area contributed by atoms with Crippen molar-refractivity contribution in [2.24, 2.45) is 0 Å². The number of hydrogen-bond acceptors (Lipinski definition) is 8. The average Bonchev–Trinajstić information content (AvgIpc) is 3.18. The second-order valence-corrected chi connectivity index (χ2v) is 6.31. The molecule has 8 heteroatoms. The number of aryl methyl sites for hydroxylation is 2. The van der Waals surface area contributed by atoms with Gasteiger partial charge in [0, 0.05) is 13.7 Å². The zero-order valence-corrected chi connectivity index (χ0v) is 13.3. The molecule has 3 heterocycles. The molecule has 1 aliphatic heterocycles. The summed E-state index contributed by atoms with van der Waals surface area (Å²) in [6, 6.07) is 0.0881. The van der Waals surface area contributed by atoms with E-state index in [4.69, 9.17) is 9.26 Å². The molecule has 0 amide bonds. The number of nitrogens with zero attached hydrogens (tertiary/aromatic N) is 5. The Bertz CT molecular complexity index is 599. The minimum atomic E-state index is 0.0881. The molecule has 0 N–H and O–H groups in total. The molecular weight excluding hydrogens is 290 g/mol. The molecule has 2 atom stereocenters. The molecule has 0 bridgehead atoms. The van der Waals surface area contributed by atoms with Gasteiger partial charge in [0.2, 0.25) is 5.89 Å². The molecule has 0 spiro atoms. The summed E-state index contributed by atoms with van der Waals surface area (Å²) in [6.45, 7) is 5.50. The molecule has 0 radical (unpaired) electrons. The monoisotopic (exact) mass is 309 g/mol.